The lowest BCUT2D eigenvalue weighted by atomic mass is 9.75. The summed E-state index contributed by atoms with van der Waals surface area (Å²) >= 11 is 5.61. The molecule has 0 unspecified atom stereocenters. The highest BCUT2D eigenvalue weighted by molar-refractivity contribution is 6.30. The highest BCUT2D eigenvalue weighted by atomic mass is 35.5. The summed E-state index contributed by atoms with van der Waals surface area (Å²) in [6, 6.07) is 1.78. The summed E-state index contributed by atoms with van der Waals surface area (Å²) in [5.41, 5.74) is -1.71. The second-order valence-corrected chi connectivity index (χ2v) is 9.21. The number of carbonyl (C=O) groups is 2. The average Bonchev–Trinajstić information content (AvgIpc) is 3.28. The largest absolute Gasteiger partial charge is 0.491 e. The molecule has 1 fully saturated rings. The van der Waals surface area contributed by atoms with Crippen LogP contribution >= 0.6 is 11.6 Å². The maximum absolute atomic E-state index is 14.3. The van der Waals surface area contributed by atoms with Crippen molar-refractivity contribution in [3.63, 3.8) is 0 Å². The molecule has 0 aliphatic carbocycles. The number of fused-ring (bicyclic) bond motifs is 2. The first-order chi connectivity index (χ1) is 16.7. The first-order valence-electron chi connectivity index (χ1n) is 11.0. The Bertz CT molecular complexity index is 1340. The van der Waals surface area contributed by atoms with Gasteiger partial charge in [-0.3, -0.25) is 14.4 Å². The van der Waals surface area contributed by atoms with Gasteiger partial charge in [0, 0.05) is 30.8 Å². The zero-order valence-corrected chi connectivity index (χ0v) is 19.7. The molecule has 0 bridgehead atoms. The Labute approximate surface area is 204 Å². The fourth-order valence-corrected chi connectivity index (χ4v) is 5.51. The van der Waals surface area contributed by atoms with Crippen molar-refractivity contribution in [2.75, 3.05) is 26.9 Å². The van der Waals surface area contributed by atoms with Gasteiger partial charge in [-0.15, -0.1) is 0 Å². The zero-order chi connectivity index (χ0) is 25.1. The van der Waals surface area contributed by atoms with Crippen molar-refractivity contribution in [3.8, 4) is 5.75 Å². The van der Waals surface area contributed by atoms with Crippen molar-refractivity contribution in [2.24, 2.45) is 5.92 Å². The molecule has 0 radical (unpaired) electrons. The van der Waals surface area contributed by atoms with Gasteiger partial charge in [0.25, 0.3) is 11.8 Å². The number of pyridine rings is 1. The molecule has 35 heavy (non-hydrogen) atoms. The molecular formula is C24H22ClF2N3O5. The molecule has 11 heteroatoms. The van der Waals surface area contributed by atoms with Gasteiger partial charge < -0.3 is 24.3 Å². The lowest BCUT2D eigenvalue weighted by molar-refractivity contribution is 0.00678. The van der Waals surface area contributed by atoms with Crippen molar-refractivity contribution < 1.29 is 27.8 Å². The summed E-state index contributed by atoms with van der Waals surface area (Å²) in [6.45, 7) is 2.63. The Balaban J connectivity index is 1.56. The number of rotatable bonds is 4. The number of nitrogens with one attached hydrogen (secondary N) is 1. The Morgan fingerprint density at radius 1 is 1.34 bits per heavy atom. The van der Waals surface area contributed by atoms with Gasteiger partial charge >= 0.3 is 0 Å². The van der Waals surface area contributed by atoms with E-state index in [2.05, 4.69) is 5.32 Å². The second kappa shape index (κ2) is 8.46. The van der Waals surface area contributed by atoms with Gasteiger partial charge in [-0.25, -0.2) is 8.78 Å². The van der Waals surface area contributed by atoms with E-state index < -0.39 is 33.5 Å². The van der Waals surface area contributed by atoms with Crippen molar-refractivity contribution in [2.45, 2.75) is 25.0 Å². The van der Waals surface area contributed by atoms with Crippen LogP contribution in [-0.4, -0.2) is 53.7 Å². The quantitative estimate of drug-likeness (QED) is 0.510. The van der Waals surface area contributed by atoms with Gasteiger partial charge in [0.05, 0.1) is 31.9 Å². The van der Waals surface area contributed by atoms with E-state index in [0.717, 1.165) is 12.1 Å². The zero-order valence-electron chi connectivity index (χ0n) is 18.9. The van der Waals surface area contributed by atoms with E-state index in [-0.39, 0.29) is 53.6 Å². The van der Waals surface area contributed by atoms with Crippen LogP contribution in [0.25, 0.3) is 0 Å². The molecule has 1 spiro atoms. The minimum Gasteiger partial charge on any atom is -0.491 e. The van der Waals surface area contributed by atoms with E-state index in [1.54, 1.807) is 9.47 Å². The van der Waals surface area contributed by atoms with Crippen molar-refractivity contribution in [1.82, 2.24) is 14.8 Å². The molecule has 3 aliphatic rings. The van der Waals surface area contributed by atoms with E-state index in [1.807, 2.05) is 19.1 Å². The lowest BCUT2D eigenvalue weighted by Gasteiger charge is -2.52. The molecule has 8 nitrogen and oxygen atoms in total. The normalized spacial score (nSPS) is 24.6. The topological polar surface area (TPSA) is 89.9 Å². The fraction of sp³-hybridized carbons (Fsp3) is 0.375. The molecule has 2 aromatic rings. The van der Waals surface area contributed by atoms with E-state index >= 15 is 0 Å². The van der Waals surface area contributed by atoms with E-state index in [9.17, 15) is 23.2 Å². The number of ether oxygens (including phenoxy) is 2. The van der Waals surface area contributed by atoms with Crippen LogP contribution in [0.15, 0.2) is 35.3 Å². The number of aromatic nitrogens is 1. The third kappa shape index (κ3) is 3.30. The predicted octanol–water partition coefficient (Wildman–Crippen LogP) is 2.69. The number of halogens is 3. The predicted molar refractivity (Wildman–Crippen MR) is 122 cm³/mol. The molecule has 3 aliphatic heterocycles. The maximum atomic E-state index is 14.3. The SMILES string of the molecule is COc1c2n(cc(C(=O)NCc3ccc(F)c(Cl)c3F)c1=O)[C@H]1COC[C@]13[C@H](C)C=CCN3C2=O. The van der Waals surface area contributed by atoms with Crippen LogP contribution in [-0.2, 0) is 11.3 Å². The van der Waals surface area contributed by atoms with Crippen LogP contribution in [0.2, 0.25) is 5.02 Å². The first kappa shape index (κ1) is 23.5. The summed E-state index contributed by atoms with van der Waals surface area (Å²) in [5.74, 6) is -3.39. The van der Waals surface area contributed by atoms with Crippen molar-refractivity contribution in [3.05, 3.63) is 74.2 Å². The van der Waals surface area contributed by atoms with Crippen LogP contribution in [0.1, 0.15) is 39.4 Å². The third-order valence-electron chi connectivity index (χ3n) is 7.17. The highest BCUT2D eigenvalue weighted by Crippen LogP contribution is 2.48. The summed E-state index contributed by atoms with van der Waals surface area (Å²) in [6.07, 6.45) is 5.28. The summed E-state index contributed by atoms with van der Waals surface area (Å²) in [7, 11) is 1.26. The molecule has 1 saturated heterocycles. The molecule has 2 amide bonds. The average molecular weight is 506 g/mol. The van der Waals surface area contributed by atoms with E-state index in [1.165, 1.54) is 13.3 Å². The molecule has 4 heterocycles. The van der Waals surface area contributed by atoms with E-state index in [0.29, 0.717) is 13.2 Å². The van der Waals surface area contributed by atoms with E-state index in [4.69, 9.17) is 21.1 Å². The van der Waals surface area contributed by atoms with Gasteiger partial charge in [0.1, 0.15) is 22.2 Å². The number of amides is 2. The second-order valence-electron chi connectivity index (χ2n) is 8.83. The van der Waals surface area contributed by atoms with Gasteiger partial charge in [-0.2, -0.15) is 0 Å². The lowest BCUT2D eigenvalue weighted by Crippen LogP contribution is -2.65. The summed E-state index contributed by atoms with van der Waals surface area (Å²) < 4.78 is 40.4. The number of hydrogen-bond donors (Lipinski definition) is 1. The highest BCUT2D eigenvalue weighted by Gasteiger charge is 2.59. The van der Waals surface area contributed by atoms with Crippen LogP contribution < -0.4 is 15.5 Å². The monoisotopic (exact) mass is 505 g/mol. The smallest absolute Gasteiger partial charge is 0.275 e. The molecule has 3 atom stereocenters. The van der Waals surface area contributed by atoms with Crippen LogP contribution in [0.3, 0.4) is 0 Å². The third-order valence-corrected chi connectivity index (χ3v) is 7.52. The van der Waals surface area contributed by atoms with Gasteiger partial charge in [-0.05, 0) is 6.07 Å². The number of nitrogens with zero attached hydrogens (tertiary/aromatic N) is 2. The minimum atomic E-state index is -0.998. The Morgan fingerprint density at radius 3 is 2.86 bits per heavy atom. The number of carbonyl (C=O) groups excluding carboxylic acids is 2. The number of hydrogen-bond acceptors (Lipinski definition) is 5. The molecule has 1 aromatic heterocycles. The Morgan fingerprint density at radius 2 is 2.11 bits per heavy atom. The molecular weight excluding hydrogens is 484 g/mol. The molecule has 0 saturated carbocycles. The first-order valence-corrected chi connectivity index (χ1v) is 11.4. The standard InChI is InChI=1S/C24H22ClF2N3O5/c1-12-4-3-7-30-23(33)19-21(34-2)20(31)14(9-29(19)16-10-35-11-24(12,16)30)22(32)28-8-13-5-6-15(26)17(25)18(13)27/h3-6,9,12,16H,7-8,10-11H2,1-2H3,(H,28,32)/t12-,16+,24+/m1/s1. The molecule has 1 aromatic carbocycles. The van der Waals surface area contributed by atoms with Crippen LogP contribution in [0, 0.1) is 17.6 Å². The van der Waals surface area contributed by atoms with Crippen molar-refractivity contribution in [1.29, 1.82) is 0 Å². The Hall–Kier alpha value is -3.24. The Kier molecular flexibility index (Phi) is 5.68. The van der Waals surface area contributed by atoms with Gasteiger partial charge in [-0.1, -0.05) is 36.7 Å². The molecule has 5 rings (SSSR count). The number of methoxy groups -OCH3 is 1. The van der Waals surface area contributed by atoms with Crippen LogP contribution in [0.5, 0.6) is 5.75 Å². The number of benzene rings is 1. The molecule has 1 N–H and O–H groups in total. The van der Waals surface area contributed by atoms with Crippen molar-refractivity contribution >= 4 is 23.4 Å². The molecule has 184 valence electrons. The summed E-state index contributed by atoms with van der Waals surface area (Å²) in [4.78, 5) is 41.5. The van der Waals surface area contributed by atoms with Gasteiger partial charge in [0.2, 0.25) is 5.43 Å². The fourth-order valence-electron chi connectivity index (χ4n) is 5.33. The maximum Gasteiger partial charge on any atom is 0.275 e. The van der Waals surface area contributed by atoms with Gasteiger partial charge in [0.15, 0.2) is 11.4 Å². The summed E-state index contributed by atoms with van der Waals surface area (Å²) in [5, 5.41) is 1.79. The van der Waals surface area contributed by atoms with Crippen LogP contribution in [0.4, 0.5) is 8.78 Å². The minimum absolute atomic E-state index is 0.0326.